The minimum Gasteiger partial charge on any atom is -0.459 e. The average Bonchev–Trinajstić information content (AvgIpc) is 2.93. The molecule has 2 N–H and O–H groups in total. The van der Waals surface area contributed by atoms with Gasteiger partial charge in [-0.3, -0.25) is 9.69 Å². The van der Waals surface area contributed by atoms with E-state index in [0.717, 1.165) is 0 Å². The quantitative estimate of drug-likeness (QED) is 0.840. The van der Waals surface area contributed by atoms with Crippen LogP contribution in [0, 0.1) is 11.7 Å². The number of nitrogens with two attached hydrogens (primary N) is 1. The van der Waals surface area contributed by atoms with Crippen LogP contribution in [0.1, 0.15) is 46.4 Å². The largest absolute Gasteiger partial charge is 0.459 e. The van der Waals surface area contributed by atoms with Crippen molar-refractivity contribution in [2.24, 2.45) is 11.7 Å². The first kappa shape index (κ1) is 19.8. The van der Waals surface area contributed by atoms with Gasteiger partial charge in [-0.15, -0.1) is 0 Å². The van der Waals surface area contributed by atoms with Crippen LogP contribution in [-0.4, -0.2) is 29.0 Å². The van der Waals surface area contributed by atoms with E-state index in [1.54, 1.807) is 40.7 Å². The van der Waals surface area contributed by atoms with Crippen LogP contribution in [-0.2, 0) is 9.53 Å². The predicted molar refractivity (Wildman–Crippen MR) is 95.9 cm³/mol. The Morgan fingerprint density at radius 3 is 2.35 bits per heavy atom. The van der Waals surface area contributed by atoms with Crippen LogP contribution >= 0.6 is 0 Å². The van der Waals surface area contributed by atoms with E-state index in [9.17, 15) is 14.0 Å². The number of carbonyl (C=O) groups excluding carboxylic acids is 2. The SMILES string of the molecule is CC(C)OC(=O)N(C(C)c1cc2cc(F)ccc2o1)[C@H](C(N)=O)C(C)C. The molecule has 2 atom stereocenters. The van der Waals surface area contributed by atoms with Gasteiger partial charge in [0.05, 0.1) is 12.1 Å². The fourth-order valence-electron chi connectivity index (χ4n) is 2.94. The van der Waals surface area contributed by atoms with Gasteiger partial charge in [-0.2, -0.15) is 0 Å². The van der Waals surface area contributed by atoms with Gasteiger partial charge in [-0.1, -0.05) is 13.8 Å². The summed E-state index contributed by atoms with van der Waals surface area (Å²) in [6, 6.07) is 4.31. The first-order chi connectivity index (χ1) is 12.1. The third-order valence-electron chi connectivity index (χ3n) is 4.10. The Kier molecular flexibility index (Phi) is 5.90. The van der Waals surface area contributed by atoms with Gasteiger partial charge in [0.2, 0.25) is 5.91 Å². The van der Waals surface area contributed by atoms with E-state index in [-0.39, 0.29) is 17.8 Å². The number of carbonyl (C=O) groups is 2. The van der Waals surface area contributed by atoms with Crippen molar-refractivity contribution in [2.45, 2.75) is 52.8 Å². The molecular formula is C19H25FN2O4. The van der Waals surface area contributed by atoms with Crippen LogP contribution < -0.4 is 5.73 Å². The van der Waals surface area contributed by atoms with Gasteiger partial charge in [0.15, 0.2) is 0 Å². The number of halogens is 1. The van der Waals surface area contributed by atoms with Gasteiger partial charge in [0.1, 0.15) is 23.2 Å². The van der Waals surface area contributed by atoms with E-state index >= 15 is 0 Å². The standard InChI is InChI=1S/C19H25FN2O4/c1-10(2)17(18(21)23)22(19(24)25-11(3)4)12(5)16-9-13-8-14(20)6-7-15(13)26-16/h6-12,17H,1-5H3,(H2,21,23)/t12?,17-/m0/s1. The molecule has 0 saturated carbocycles. The lowest BCUT2D eigenvalue weighted by Gasteiger charge is -2.35. The third kappa shape index (κ3) is 4.15. The second kappa shape index (κ2) is 7.76. The molecule has 0 saturated heterocycles. The molecule has 0 fully saturated rings. The van der Waals surface area contributed by atoms with Gasteiger partial charge in [0.25, 0.3) is 0 Å². The van der Waals surface area contributed by atoms with Gasteiger partial charge in [-0.25, -0.2) is 9.18 Å². The summed E-state index contributed by atoms with van der Waals surface area (Å²) in [6.45, 7) is 8.75. The summed E-state index contributed by atoms with van der Waals surface area (Å²) in [6.07, 6.45) is -1.01. The Morgan fingerprint density at radius 2 is 1.81 bits per heavy atom. The van der Waals surface area contributed by atoms with Crippen molar-refractivity contribution in [1.29, 1.82) is 0 Å². The maximum absolute atomic E-state index is 13.4. The summed E-state index contributed by atoms with van der Waals surface area (Å²) in [7, 11) is 0. The van der Waals surface area contributed by atoms with Crippen molar-refractivity contribution >= 4 is 23.0 Å². The topological polar surface area (TPSA) is 85.8 Å². The molecule has 2 amide bonds. The highest BCUT2D eigenvalue weighted by Gasteiger charge is 2.37. The number of hydrogen-bond acceptors (Lipinski definition) is 4. The average molecular weight is 364 g/mol. The molecule has 6 nitrogen and oxygen atoms in total. The first-order valence-corrected chi connectivity index (χ1v) is 8.59. The highest BCUT2D eigenvalue weighted by molar-refractivity contribution is 5.85. The molecule has 0 aliphatic rings. The Hall–Kier alpha value is -2.57. The lowest BCUT2D eigenvalue weighted by atomic mass is 10.00. The summed E-state index contributed by atoms with van der Waals surface area (Å²) >= 11 is 0. The zero-order valence-electron chi connectivity index (χ0n) is 15.7. The molecule has 26 heavy (non-hydrogen) atoms. The predicted octanol–water partition coefficient (Wildman–Crippen LogP) is 3.99. The summed E-state index contributed by atoms with van der Waals surface area (Å²) in [5.41, 5.74) is 6.04. The minimum atomic E-state index is -0.874. The van der Waals surface area contributed by atoms with Crippen LogP contribution in [0.5, 0.6) is 0 Å². The second-order valence-electron chi connectivity index (χ2n) is 6.94. The molecule has 2 aromatic rings. The van der Waals surface area contributed by atoms with Crippen LogP contribution in [0.2, 0.25) is 0 Å². The number of furan rings is 1. The van der Waals surface area contributed by atoms with Crippen LogP contribution in [0.25, 0.3) is 11.0 Å². The number of fused-ring (bicyclic) bond motifs is 1. The normalized spacial score (nSPS) is 13.8. The molecule has 1 heterocycles. The van der Waals surface area contributed by atoms with Crippen LogP contribution in [0.4, 0.5) is 9.18 Å². The highest BCUT2D eigenvalue weighted by Crippen LogP contribution is 2.31. The van der Waals surface area contributed by atoms with Gasteiger partial charge < -0.3 is 14.9 Å². The van der Waals surface area contributed by atoms with Crippen molar-refractivity contribution in [3.8, 4) is 0 Å². The number of ether oxygens (including phenoxy) is 1. The first-order valence-electron chi connectivity index (χ1n) is 8.59. The van der Waals surface area contributed by atoms with Crippen LogP contribution in [0.15, 0.2) is 28.7 Å². The number of benzene rings is 1. The summed E-state index contributed by atoms with van der Waals surface area (Å²) in [4.78, 5) is 26.0. The smallest absolute Gasteiger partial charge is 0.411 e. The van der Waals surface area contributed by atoms with E-state index in [2.05, 4.69) is 0 Å². The molecule has 0 spiro atoms. The van der Waals surface area contributed by atoms with Crippen LogP contribution in [0.3, 0.4) is 0 Å². The zero-order chi connectivity index (χ0) is 19.6. The number of hydrogen-bond donors (Lipinski definition) is 1. The molecule has 1 aromatic heterocycles. The molecule has 1 unspecified atom stereocenters. The van der Waals surface area contributed by atoms with E-state index in [1.165, 1.54) is 23.1 Å². The maximum atomic E-state index is 13.4. The fourth-order valence-corrected chi connectivity index (χ4v) is 2.94. The fraction of sp³-hybridized carbons (Fsp3) is 0.474. The Labute approximate surface area is 152 Å². The molecule has 0 aliphatic carbocycles. The Balaban J connectivity index is 2.47. The van der Waals surface area contributed by atoms with Gasteiger partial charge >= 0.3 is 6.09 Å². The summed E-state index contributed by atoms with van der Waals surface area (Å²) in [5, 5.41) is 0.573. The number of rotatable bonds is 6. The molecule has 0 radical (unpaired) electrons. The van der Waals surface area contributed by atoms with E-state index in [1.807, 2.05) is 0 Å². The molecule has 0 aliphatic heterocycles. The molecule has 7 heteroatoms. The molecule has 0 bridgehead atoms. The van der Waals surface area contributed by atoms with Crippen molar-refractivity contribution in [3.05, 3.63) is 35.8 Å². The number of primary amides is 1. The maximum Gasteiger partial charge on any atom is 0.411 e. The lowest BCUT2D eigenvalue weighted by molar-refractivity contribution is -0.125. The molecule has 142 valence electrons. The highest BCUT2D eigenvalue weighted by atomic mass is 19.1. The second-order valence-corrected chi connectivity index (χ2v) is 6.94. The molecule has 2 rings (SSSR count). The summed E-state index contributed by atoms with van der Waals surface area (Å²) < 4.78 is 24.5. The van der Waals surface area contributed by atoms with E-state index in [0.29, 0.717) is 16.7 Å². The van der Waals surface area contributed by atoms with Crippen molar-refractivity contribution in [2.75, 3.05) is 0 Å². The molecule has 1 aromatic carbocycles. The lowest BCUT2D eigenvalue weighted by Crippen LogP contribution is -2.52. The van der Waals surface area contributed by atoms with E-state index < -0.39 is 24.1 Å². The Morgan fingerprint density at radius 1 is 1.15 bits per heavy atom. The van der Waals surface area contributed by atoms with Gasteiger partial charge in [-0.05, 0) is 51.0 Å². The third-order valence-corrected chi connectivity index (χ3v) is 4.10. The monoisotopic (exact) mass is 364 g/mol. The summed E-state index contributed by atoms with van der Waals surface area (Å²) in [5.74, 6) is -0.824. The number of amides is 2. The van der Waals surface area contributed by atoms with E-state index in [4.69, 9.17) is 14.9 Å². The molecular weight excluding hydrogens is 339 g/mol. The zero-order valence-corrected chi connectivity index (χ0v) is 15.7. The van der Waals surface area contributed by atoms with Crippen molar-refractivity contribution in [3.63, 3.8) is 0 Å². The Bertz CT molecular complexity index is 800. The van der Waals surface area contributed by atoms with Crippen molar-refractivity contribution < 1.29 is 23.1 Å². The number of nitrogens with zero attached hydrogens (tertiary/aromatic N) is 1. The minimum absolute atomic E-state index is 0.225. The van der Waals surface area contributed by atoms with Crippen molar-refractivity contribution in [1.82, 2.24) is 4.90 Å². The van der Waals surface area contributed by atoms with Gasteiger partial charge in [0, 0.05) is 5.39 Å².